The lowest BCUT2D eigenvalue weighted by molar-refractivity contribution is 0.675. The maximum Gasteiger partial charge on any atom is 0.337 e. The minimum atomic E-state index is -0.398. The van der Waals surface area contributed by atoms with Gasteiger partial charge in [-0.2, -0.15) is 0 Å². The molecule has 2 aromatic heterocycles. The molecule has 0 aliphatic heterocycles. The Morgan fingerprint density at radius 3 is 2.38 bits per heavy atom. The summed E-state index contributed by atoms with van der Waals surface area (Å²) in [6, 6.07) is 16.1. The normalized spacial score (nSPS) is 10.5. The van der Waals surface area contributed by atoms with Crippen LogP contribution in [0.25, 0.3) is 5.82 Å². The molecule has 3 rings (SSSR count). The summed E-state index contributed by atoms with van der Waals surface area (Å²) in [6.07, 6.45) is 3.06. The predicted molar refractivity (Wildman–Crippen MR) is 79.6 cm³/mol. The summed E-state index contributed by atoms with van der Waals surface area (Å²) in [5.41, 5.74) is 0.207. The van der Waals surface area contributed by atoms with Gasteiger partial charge < -0.3 is 0 Å². The zero-order chi connectivity index (χ0) is 14.7. The summed E-state index contributed by atoms with van der Waals surface area (Å²) in [4.78, 5) is 28.5. The van der Waals surface area contributed by atoms with Crippen molar-refractivity contribution < 1.29 is 0 Å². The van der Waals surface area contributed by atoms with E-state index >= 15 is 0 Å². The first-order valence-electron chi connectivity index (χ1n) is 6.53. The summed E-state index contributed by atoms with van der Waals surface area (Å²) in [7, 11) is 0. The maximum atomic E-state index is 12.5. The Hall–Kier alpha value is -2.95. The molecule has 0 radical (unpaired) electrons. The van der Waals surface area contributed by atoms with Gasteiger partial charge in [-0.1, -0.05) is 36.4 Å². The molecule has 0 atom stereocenters. The van der Waals surface area contributed by atoms with E-state index in [0.29, 0.717) is 12.4 Å². The van der Waals surface area contributed by atoms with Crippen LogP contribution in [0.5, 0.6) is 0 Å². The minimum Gasteiger partial charge on any atom is -0.296 e. The van der Waals surface area contributed by atoms with Gasteiger partial charge in [-0.05, 0) is 17.7 Å². The van der Waals surface area contributed by atoms with Crippen LogP contribution >= 0.6 is 0 Å². The smallest absolute Gasteiger partial charge is 0.296 e. The lowest BCUT2D eigenvalue weighted by Crippen LogP contribution is -2.38. The van der Waals surface area contributed by atoms with Crippen molar-refractivity contribution in [3.8, 4) is 5.82 Å². The Morgan fingerprint density at radius 1 is 0.905 bits per heavy atom. The molecule has 5 heteroatoms. The molecule has 5 nitrogen and oxygen atoms in total. The fourth-order valence-corrected chi connectivity index (χ4v) is 2.11. The van der Waals surface area contributed by atoms with Crippen molar-refractivity contribution in [3.63, 3.8) is 0 Å². The second-order valence-electron chi connectivity index (χ2n) is 4.57. The Labute approximate surface area is 120 Å². The summed E-state index contributed by atoms with van der Waals surface area (Å²) in [6.45, 7) is 0.410. The van der Waals surface area contributed by atoms with Crippen LogP contribution in [-0.4, -0.2) is 14.1 Å². The van der Waals surface area contributed by atoms with E-state index in [4.69, 9.17) is 0 Å². The molecule has 21 heavy (non-hydrogen) atoms. The molecule has 0 amide bonds. The van der Waals surface area contributed by atoms with Crippen LogP contribution in [0.4, 0.5) is 0 Å². The first kappa shape index (κ1) is 13.1. The highest BCUT2D eigenvalue weighted by Crippen LogP contribution is 2.01. The van der Waals surface area contributed by atoms with E-state index in [0.717, 1.165) is 10.1 Å². The quantitative estimate of drug-likeness (QED) is 0.729. The van der Waals surface area contributed by atoms with Crippen LogP contribution in [0, 0.1) is 0 Å². The number of hydrogen-bond acceptors (Lipinski definition) is 3. The monoisotopic (exact) mass is 279 g/mol. The van der Waals surface area contributed by atoms with E-state index in [1.54, 1.807) is 24.4 Å². The molecule has 0 fully saturated rings. The molecule has 0 unspecified atom stereocenters. The maximum absolute atomic E-state index is 12.5. The van der Waals surface area contributed by atoms with Gasteiger partial charge in [0.1, 0.15) is 5.82 Å². The zero-order valence-corrected chi connectivity index (χ0v) is 11.2. The Bertz CT molecular complexity index is 852. The van der Waals surface area contributed by atoms with Crippen LogP contribution in [0.1, 0.15) is 5.56 Å². The molecule has 0 saturated heterocycles. The average molecular weight is 279 g/mol. The molecule has 104 valence electrons. The molecule has 3 aromatic rings. The number of rotatable bonds is 3. The number of aromatic nitrogens is 3. The van der Waals surface area contributed by atoms with Crippen LogP contribution in [0.15, 0.2) is 76.6 Å². The van der Waals surface area contributed by atoms with Crippen molar-refractivity contribution in [1.29, 1.82) is 0 Å². The van der Waals surface area contributed by atoms with Gasteiger partial charge in [0.2, 0.25) is 0 Å². The highest BCUT2D eigenvalue weighted by atomic mass is 16.2. The first-order chi connectivity index (χ1) is 10.3. The van der Waals surface area contributed by atoms with Crippen molar-refractivity contribution in [2.45, 2.75) is 6.54 Å². The number of benzene rings is 1. The number of pyridine rings is 1. The average Bonchev–Trinajstić information content (AvgIpc) is 2.52. The number of hydrogen-bond donors (Lipinski definition) is 0. The van der Waals surface area contributed by atoms with Crippen molar-refractivity contribution in [3.05, 3.63) is 93.4 Å². The molecule has 1 aromatic carbocycles. The van der Waals surface area contributed by atoms with Gasteiger partial charge in [-0.3, -0.25) is 9.36 Å². The molecule has 0 aliphatic carbocycles. The fraction of sp³-hybridized carbons (Fsp3) is 0.0625. The van der Waals surface area contributed by atoms with Crippen molar-refractivity contribution >= 4 is 0 Å². The standard InChI is InChI=1S/C16H13N3O2/c20-15-9-11-18(12-13-6-2-1-3-7-13)16(21)19(15)14-8-4-5-10-17-14/h1-11H,12H2. The fourth-order valence-electron chi connectivity index (χ4n) is 2.11. The molecule has 0 bridgehead atoms. The topological polar surface area (TPSA) is 56.9 Å². The van der Waals surface area contributed by atoms with Crippen LogP contribution in [0.2, 0.25) is 0 Å². The van der Waals surface area contributed by atoms with Crippen molar-refractivity contribution in [1.82, 2.24) is 14.1 Å². The van der Waals surface area contributed by atoms with E-state index in [1.165, 1.54) is 16.8 Å². The molecule has 0 N–H and O–H groups in total. The number of nitrogens with zero attached hydrogens (tertiary/aromatic N) is 3. The van der Waals surface area contributed by atoms with E-state index in [-0.39, 0.29) is 5.56 Å². The molecule has 0 aliphatic rings. The molecular formula is C16H13N3O2. The van der Waals surface area contributed by atoms with Crippen LogP contribution in [0.3, 0.4) is 0 Å². The Balaban J connectivity index is 2.09. The summed E-state index contributed by atoms with van der Waals surface area (Å²) < 4.78 is 2.56. The van der Waals surface area contributed by atoms with Crippen molar-refractivity contribution in [2.75, 3.05) is 0 Å². The van der Waals surface area contributed by atoms with Gasteiger partial charge >= 0.3 is 5.69 Å². The molecule has 0 saturated carbocycles. The van der Waals surface area contributed by atoms with Crippen LogP contribution < -0.4 is 11.2 Å². The lowest BCUT2D eigenvalue weighted by atomic mass is 10.2. The van der Waals surface area contributed by atoms with E-state index in [1.807, 2.05) is 30.3 Å². The minimum absolute atomic E-state index is 0.329. The zero-order valence-electron chi connectivity index (χ0n) is 11.2. The van der Waals surface area contributed by atoms with Gasteiger partial charge in [0.05, 0.1) is 6.54 Å². The molecular weight excluding hydrogens is 266 g/mol. The van der Waals surface area contributed by atoms with Crippen LogP contribution in [-0.2, 0) is 6.54 Å². The molecule has 2 heterocycles. The van der Waals surface area contributed by atoms with E-state index in [2.05, 4.69) is 4.98 Å². The third kappa shape index (κ3) is 2.67. The third-order valence-corrected chi connectivity index (χ3v) is 3.13. The van der Waals surface area contributed by atoms with Gasteiger partial charge in [-0.15, -0.1) is 0 Å². The Morgan fingerprint density at radius 2 is 1.67 bits per heavy atom. The van der Waals surface area contributed by atoms with Gasteiger partial charge in [0.25, 0.3) is 5.56 Å². The highest BCUT2D eigenvalue weighted by molar-refractivity contribution is 5.21. The summed E-state index contributed by atoms with van der Waals surface area (Å²) in [5, 5.41) is 0. The Kier molecular flexibility index (Phi) is 3.47. The first-order valence-corrected chi connectivity index (χ1v) is 6.53. The van der Waals surface area contributed by atoms with E-state index < -0.39 is 5.69 Å². The molecule has 0 spiro atoms. The van der Waals surface area contributed by atoms with E-state index in [9.17, 15) is 9.59 Å². The largest absolute Gasteiger partial charge is 0.337 e. The lowest BCUT2D eigenvalue weighted by Gasteiger charge is -2.09. The van der Waals surface area contributed by atoms with Gasteiger partial charge in [0, 0.05) is 18.5 Å². The highest BCUT2D eigenvalue weighted by Gasteiger charge is 2.08. The van der Waals surface area contributed by atoms with Gasteiger partial charge in [0.15, 0.2) is 0 Å². The summed E-state index contributed by atoms with van der Waals surface area (Å²) in [5.74, 6) is 0.329. The second kappa shape index (κ2) is 5.58. The van der Waals surface area contributed by atoms with Gasteiger partial charge in [-0.25, -0.2) is 14.3 Å². The van der Waals surface area contributed by atoms with Crippen molar-refractivity contribution in [2.24, 2.45) is 0 Å². The summed E-state index contributed by atoms with van der Waals surface area (Å²) >= 11 is 0. The third-order valence-electron chi connectivity index (χ3n) is 3.13. The second-order valence-corrected chi connectivity index (χ2v) is 4.57. The SMILES string of the molecule is O=c1ccn(Cc2ccccc2)c(=O)n1-c1ccccn1. The predicted octanol–water partition coefficient (Wildman–Crippen LogP) is 1.44.